The van der Waals surface area contributed by atoms with E-state index in [1.54, 1.807) is 0 Å². The summed E-state index contributed by atoms with van der Waals surface area (Å²) >= 11 is 0. The van der Waals surface area contributed by atoms with E-state index in [0.717, 1.165) is 11.6 Å². The lowest BCUT2D eigenvalue weighted by Crippen LogP contribution is -2.12. The van der Waals surface area contributed by atoms with Crippen molar-refractivity contribution >= 4 is 5.69 Å². The smallest absolute Gasteiger partial charge is 0.124 e. The Morgan fingerprint density at radius 3 is 2.63 bits per heavy atom. The van der Waals surface area contributed by atoms with Gasteiger partial charge in [0.2, 0.25) is 0 Å². The van der Waals surface area contributed by atoms with Crippen LogP contribution in [0.3, 0.4) is 0 Å². The molecule has 0 saturated carbocycles. The highest BCUT2D eigenvalue weighted by atomic mass is 19.1. The molecule has 1 unspecified atom stereocenters. The molecule has 0 saturated heterocycles. The Morgan fingerprint density at radius 2 is 1.95 bits per heavy atom. The van der Waals surface area contributed by atoms with Gasteiger partial charge in [-0.1, -0.05) is 30.3 Å². The second-order valence-corrected chi connectivity index (χ2v) is 4.11. The average Bonchev–Trinajstić information content (AvgIpc) is 2.46. The van der Waals surface area contributed by atoms with Crippen LogP contribution < -0.4 is 5.32 Å². The predicted octanol–water partition coefficient (Wildman–Crippen LogP) is 2.84. The number of aliphatic hydroxyl groups excluding tert-OH is 1. The van der Waals surface area contributed by atoms with Crippen molar-refractivity contribution in [1.82, 2.24) is 0 Å². The van der Waals surface area contributed by atoms with Crippen LogP contribution in [0.2, 0.25) is 0 Å². The van der Waals surface area contributed by atoms with Gasteiger partial charge in [0.15, 0.2) is 0 Å². The summed E-state index contributed by atoms with van der Waals surface area (Å²) in [4.78, 5) is 0. The molecule has 0 bridgehead atoms. The molecule has 2 aromatic rings. The van der Waals surface area contributed by atoms with Crippen molar-refractivity contribution in [2.45, 2.75) is 6.10 Å². The minimum atomic E-state index is -0.683. The van der Waals surface area contributed by atoms with Crippen LogP contribution in [0.25, 0.3) is 0 Å². The van der Waals surface area contributed by atoms with Crippen molar-refractivity contribution in [3.63, 3.8) is 0 Å². The maximum Gasteiger partial charge on any atom is 0.124 e. The number of nitriles is 1. The molecule has 4 heteroatoms. The summed E-state index contributed by atoms with van der Waals surface area (Å²) < 4.78 is 13.0. The van der Waals surface area contributed by atoms with Crippen LogP contribution in [0.4, 0.5) is 10.1 Å². The molecule has 0 aliphatic heterocycles. The Morgan fingerprint density at radius 1 is 1.21 bits per heavy atom. The van der Waals surface area contributed by atoms with Crippen LogP contribution in [0.1, 0.15) is 17.2 Å². The summed E-state index contributed by atoms with van der Waals surface area (Å²) in [6, 6.07) is 15.1. The van der Waals surface area contributed by atoms with E-state index in [9.17, 15) is 9.50 Å². The van der Waals surface area contributed by atoms with Crippen LogP contribution in [0, 0.1) is 17.1 Å². The topological polar surface area (TPSA) is 56.0 Å². The molecule has 3 nitrogen and oxygen atoms in total. The summed E-state index contributed by atoms with van der Waals surface area (Å²) in [7, 11) is 0. The minimum absolute atomic E-state index is 0.222. The van der Waals surface area contributed by atoms with Gasteiger partial charge in [0, 0.05) is 6.54 Å². The van der Waals surface area contributed by atoms with Crippen LogP contribution in [-0.2, 0) is 0 Å². The molecule has 0 fully saturated rings. The fraction of sp³-hybridized carbons (Fsp3) is 0.133. The maximum absolute atomic E-state index is 13.0. The van der Waals surface area contributed by atoms with E-state index in [1.807, 2.05) is 36.4 Å². The first-order valence-corrected chi connectivity index (χ1v) is 5.87. The molecule has 0 aliphatic rings. The Hall–Kier alpha value is -2.38. The third-order valence-corrected chi connectivity index (χ3v) is 2.77. The van der Waals surface area contributed by atoms with E-state index in [2.05, 4.69) is 5.32 Å². The Labute approximate surface area is 110 Å². The molecular formula is C15H13FN2O. The third kappa shape index (κ3) is 3.30. The summed E-state index contributed by atoms with van der Waals surface area (Å²) in [5.41, 5.74) is 1.52. The molecule has 1 atom stereocenters. The number of nitrogens with zero attached hydrogens (tertiary/aromatic N) is 1. The molecule has 96 valence electrons. The standard InChI is InChI=1S/C15H13FN2O/c16-13-6-7-14(12(8-13)9-17)18-10-15(19)11-4-2-1-3-5-11/h1-8,15,18-19H,10H2. The Balaban J connectivity index is 2.05. The number of rotatable bonds is 4. The third-order valence-electron chi connectivity index (χ3n) is 2.77. The largest absolute Gasteiger partial charge is 0.387 e. The van der Waals surface area contributed by atoms with E-state index in [-0.39, 0.29) is 12.1 Å². The highest BCUT2D eigenvalue weighted by Gasteiger charge is 2.08. The lowest BCUT2D eigenvalue weighted by atomic mass is 10.1. The lowest BCUT2D eigenvalue weighted by Gasteiger charge is -2.14. The summed E-state index contributed by atoms with van der Waals surface area (Å²) in [5.74, 6) is -0.453. The van der Waals surface area contributed by atoms with Gasteiger partial charge in [0.25, 0.3) is 0 Å². The van der Waals surface area contributed by atoms with E-state index in [4.69, 9.17) is 5.26 Å². The maximum atomic E-state index is 13.0. The van der Waals surface area contributed by atoms with Gasteiger partial charge >= 0.3 is 0 Å². The molecule has 0 aliphatic carbocycles. The Kier molecular flexibility index (Phi) is 4.11. The lowest BCUT2D eigenvalue weighted by molar-refractivity contribution is 0.191. The molecule has 0 radical (unpaired) electrons. The monoisotopic (exact) mass is 256 g/mol. The van der Waals surface area contributed by atoms with Gasteiger partial charge in [0.1, 0.15) is 11.9 Å². The van der Waals surface area contributed by atoms with Crippen LogP contribution >= 0.6 is 0 Å². The number of nitrogens with one attached hydrogen (secondary N) is 1. The van der Waals surface area contributed by atoms with Gasteiger partial charge in [-0.2, -0.15) is 5.26 Å². The van der Waals surface area contributed by atoms with Gasteiger partial charge in [-0.05, 0) is 23.8 Å². The van der Waals surface area contributed by atoms with Crippen LogP contribution in [0.5, 0.6) is 0 Å². The summed E-state index contributed by atoms with van der Waals surface area (Å²) in [6.07, 6.45) is -0.683. The molecule has 0 spiro atoms. The number of benzene rings is 2. The molecule has 19 heavy (non-hydrogen) atoms. The first-order chi connectivity index (χ1) is 9.20. The summed E-state index contributed by atoms with van der Waals surface area (Å²) in [5, 5.41) is 21.8. The molecule has 2 rings (SSSR count). The van der Waals surface area contributed by atoms with Crippen molar-refractivity contribution in [1.29, 1.82) is 5.26 Å². The predicted molar refractivity (Wildman–Crippen MR) is 71.0 cm³/mol. The van der Waals surface area contributed by atoms with Crippen molar-refractivity contribution < 1.29 is 9.50 Å². The highest BCUT2D eigenvalue weighted by Crippen LogP contribution is 2.18. The van der Waals surface area contributed by atoms with E-state index >= 15 is 0 Å². The SMILES string of the molecule is N#Cc1cc(F)ccc1NCC(O)c1ccccc1. The minimum Gasteiger partial charge on any atom is -0.387 e. The van der Waals surface area contributed by atoms with Crippen LogP contribution in [-0.4, -0.2) is 11.7 Å². The molecule has 0 heterocycles. The first-order valence-electron chi connectivity index (χ1n) is 5.87. The Bertz CT molecular complexity index is 593. The first kappa shape index (κ1) is 13.1. The zero-order valence-electron chi connectivity index (χ0n) is 10.2. The average molecular weight is 256 g/mol. The van der Waals surface area contributed by atoms with Crippen molar-refractivity contribution in [3.8, 4) is 6.07 Å². The molecule has 2 aromatic carbocycles. The van der Waals surface area contributed by atoms with Gasteiger partial charge in [-0.15, -0.1) is 0 Å². The zero-order valence-corrected chi connectivity index (χ0v) is 10.2. The molecule has 0 aromatic heterocycles. The van der Waals surface area contributed by atoms with Crippen molar-refractivity contribution in [2.24, 2.45) is 0 Å². The highest BCUT2D eigenvalue weighted by molar-refractivity contribution is 5.57. The van der Waals surface area contributed by atoms with Gasteiger partial charge in [-0.3, -0.25) is 0 Å². The summed E-state index contributed by atoms with van der Waals surface area (Å²) in [6.45, 7) is 0.254. The zero-order chi connectivity index (χ0) is 13.7. The number of anilines is 1. The van der Waals surface area contributed by atoms with Crippen molar-refractivity contribution in [2.75, 3.05) is 11.9 Å². The number of halogens is 1. The fourth-order valence-electron chi connectivity index (χ4n) is 1.76. The van der Waals surface area contributed by atoms with E-state index in [1.165, 1.54) is 12.1 Å². The normalized spacial score (nSPS) is 11.6. The van der Waals surface area contributed by atoms with Gasteiger partial charge < -0.3 is 10.4 Å². The molecule has 2 N–H and O–H groups in total. The van der Waals surface area contributed by atoms with E-state index < -0.39 is 11.9 Å². The second kappa shape index (κ2) is 5.98. The number of aliphatic hydroxyl groups is 1. The van der Waals surface area contributed by atoms with Crippen LogP contribution in [0.15, 0.2) is 48.5 Å². The molecular weight excluding hydrogens is 243 g/mol. The van der Waals surface area contributed by atoms with Gasteiger partial charge in [0.05, 0.1) is 17.4 Å². The van der Waals surface area contributed by atoms with Crippen molar-refractivity contribution in [3.05, 3.63) is 65.5 Å². The molecule has 0 amide bonds. The fourth-order valence-corrected chi connectivity index (χ4v) is 1.76. The van der Waals surface area contributed by atoms with E-state index in [0.29, 0.717) is 5.69 Å². The van der Waals surface area contributed by atoms with Gasteiger partial charge in [-0.25, -0.2) is 4.39 Å². The second-order valence-electron chi connectivity index (χ2n) is 4.11. The number of hydrogen-bond acceptors (Lipinski definition) is 3. The quantitative estimate of drug-likeness (QED) is 0.884. The number of hydrogen-bond donors (Lipinski definition) is 2.